The van der Waals surface area contributed by atoms with E-state index in [-0.39, 0.29) is 18.1 Å². The van der Waals surface area contributed by atoms with Crippen LogP contribution in [0.2, 0.25) is 5.02 Å². The number of benzene rings is 3. The van der Waals surface area contributed by atoms with Crippen LogP contribution in [0.25, 0.3) is 0 Å². The van der Waals surface area contributed by atoms with Gasteiger partial charge in [-0.2, -0.15) is 5.10 Å². The van der Waals surface area contributed by atoms with Crippen molar-refractivity contribution >= 4 is 23.7 Å². The number of carbonyl (C=O) groups excluding carboxylic acids is 1. The largest absolute Gasteiger partial charge is 0.490 e. The summed E-state index contributed by atoms with van der Waals surface area (Å²) >= 11 is 6.44. The Morgan fingerprint density at radius 1 is 1.06 bits per heavy atom. The zero-order chi connectivity index (χ0) is 22.9. The van der Waals surface area contributed by atoms with E-state index in [9.17, 15) is 9.18 Å². The van der Waals surface area contributed by atoms with Gasteiger partial charge in [-0.1, -0.05) is 53.6 Å². The molecule has 0 saturated heterocycles. The van der Waals surface area contributed by atoms with E-state index >= 15 is 0 Å². The molecule has 0 aliphatic carbocycles. The van der Waals surface area contributed by atoms with Gasteiger partial charge in [0.25, 0.3) is 0 Å². The number of halogens is 2. The van der Waals surface area contributed by atoms with Gasteiger partial charge in [-0.15, -0.1) is 0 Å². The minimum absolute atomic E-state index is 0.0916. The Kier molecular flexibility index (Phi) is 8.22. The van der Waals surface area contributed by atoms with Crippen molar-refractivity contribution in [3.8, 4) is 11.5 Å². The molecule has 5 nitrogen and oxygen atoms in total. The Bertz CT molecular complexity index is 1080. The molecule has 0 aromatic heterocycles. The highest BCUT2D eigenvalue weighted by Crippen LogP contribution is 2.37. The fourth-order valence-electron chi connectivity index (χ4n) is 2.91. The number of nitrogens with zero attached hydrogens (tertiary/aromatic N) is 1. The minimum atomic E-state index is -0.347. The normalized spacial score (nSPS) is 10.9. The first kappa shape index (κ1) is 23.3. The van der Waals surface area contributed by atoms with Crippen molar-refractivity contribution < 1.29 is 18.7 Å². The fraction of sp³-hybridized carbons (Fsp3) is 0.200. The Labute approximate surface area is 191 Å². The lowest BCUT2D eigenvalue weighted by molar-refractivity contribution is -0.120. The summed E-state index contributed by atoms with van der Waals surface area (Å²) in [6.07, 6.45) is 1.56. The smallest absolute Gasteiger partial charge is 0.244 e. The lowest BCUT2D eigenvalue weighted by Gasteiger charge is -2.14. The highest BCUT2D eigenvalue weighted by molar-refractivity contribution is 6.32. The molecule has 0 atom stereocenters. The maximum atomic E-state index is 13.0. The molecule has 166 valence electrons. The Morgan fingerprint density at radius 2 is 1.75 bits per heavy atom. The monoisotopic (exact) mass is 454 g/mol. The van der Waals surface area contributed by atoms with Crippen LogP contribution in [0.4, 0.5) is 4.39 Å². The second kappa shape index (κ2) is 11.3. The molecule has 0 unspecified atom stereocenters. The highest BCUT2D eigenvalue weighted by atomic mass is 35.5. The number of carbonyl (C=O) groups is 1. The second-order valence-electron chi connectivity index (χ2n) is 7.13. The number of aryl methyl sites for hydroxylation is 1. The summed E-state index contributed by atoms with van der Waals surface area (Å²) in [5, 5.41) is 4.35. The molecule has 7 heteroatoms. The molecule has 0 aliphatic rings. The van der Waals surface area contributed by atoms with Crippen LogP contribution in [-0.4, -0.2) is 18.7 Å². The molecule has 3 aromatic rings. The van der Waals surface area contributed by atoms with E-state index in [2.05, 4.69) is 10.5 Å². The molecule has 0 heterocycles. The summed E-state index contributed by atoms with van der Waals surface area (Å²) in [5.74, 6) is 0.278. The van der Waals surface area contributed by atoms with Gasteiger partial charge in [-0.3, -0.25) is 4.79 Å². The summed E-state index contributed by atoms with van der Waals surface area (Å²) in [5.41, 5.74) is 5.98. The summed E-state index contributed by atoms with van der Waals surface area (Å²) < 4.78 is 24.6. The molecule has 0 radical (unpaired) electrons. The predicted molar refractivity (Wildman–Crippen MR) is 124 cm³/mol. The van der Waals surface area contributed by atoms with E-state index in [4.69, 9.17) is 21.1 Å². The molecule has 3 rings (SSSR count). The van der Waals surface area contributed by atoms with Crippen molar-refractivity contribution in [1.82, 2.24) is 5.43 Å². The topological polar surface area (TPSA) is 59.9 Å². The maximum absolute atomic E-state index is 13.0. The summed E-state index contributed by atoms with van der Waals surface area (Å²) in [7, 11) is 0. The van der Waals surface area contributed by atoms with Crippen LogP contribution in [0.5, 0.6) is 11.5 Å². The van der Waals surface area contributed by atoms with E-state index in [1.54, 1.807) is 24.3 Å². The quantitative estimate of drug-likeness (QED) is 0.345. The third-order valence-corrected chi connectivity index (χ3v) is 4.80. The van der Waals surface area contributed by atoms with Crippen molar-refractivity contribution in [3.63, 3.8) is 0 Å². The minimum Gasteiger partial charge on any atom is -0.490 e. The first-order valence-electron chi connectivity index (χ1n) is 10.2. The van der Waals surface area contributed by atoms with E-state index in [1.807, 2.05) is 38.1 Å². The van der Waals surface area contributed by atoms with Gasteiger partial charge in [-0.05, 0) is 54.8 Å². The molecular formula is C25H24ClFN2O3. The molecule has 0 aliphatic heterocycles. The van der Waals surface area contributed by atoms with Gasteiger partial charge in [0.2, 0.25) is 5.91 Å². The van der Waals surface area contributed by atoms with Gasteiger partial charge in [0.15, 0.2) is 11.5 Å². The van der Waals surface area contributed by atoms with E-state index < -0.39 is 0 Å². The number of hydrogen-bond donors (Lipinski definition) is 1. The molecule has 0 fully saturated rings. The van der Waals surface area contributed by atoms with Crippen molar-refractivity contribution in [2.24, 2.45) is 5.10 Å². The molecular weight excluding hydrogens is 431 g/mol. The third-order valence-electron chi connectivity index (χ3n) is 4.52. The maximum Gasteiger partial charge on any atom is 0.244 e. The molecule has 0 bridgehead atoms. The van der Waals surface area contributed by atoms with Crippen molar-refractivity contribution in [2.75, 3.05) is 6.61 Å². The van der Waals surface area contributed by atoms with Crippen molar-refractivity contribution in [1.29, 1.82) is 0 Å². The van der Waals surface area contributed by atoms with Gasteiger partial charge >= 0.3 is 0 Å². The van der Waals surface area contributed by atoms with Crippen LogP contribution in [0, 0.1) is 12.7 Å². The van der Waals surface area contributed by atoms with Crippen LogP contribution < -0.4 is 14.9 Å². The Hall–Kier alpha value is -3.38. The first-order chi connectivity index (χ1) is 15.4. The molecule has 1 N–H and O–H groups in total. The molecule has 32 heavy (non-hydrogen) atoms. The summed E-state index contributed by atoms with van der Waals surface area (Å²) in [6, 6.07) is 17.2. The van der Waals surface area contributed by atoms with Crippen LogP contribution in [-0.2, 0) is 17.8 Å². The zero-order valence-electron chi connectivity index (χ0n) is 17.9. The second-order valence-corrected chi connectivity index (χ2v) is 7.54. The lowest BCUT2D eigenvalue weighted by atomic mass is 10.1. The van der Waals surface area contributed by atoms with E-state index in [0.717, 1.165) is 5.56 Å². The Balaban J connectivity index is 1.65. The SMILES string of the molecule is CCOc1cc(/C=N/NC(=O)Cc2ccc(F)cc2)cc(Cl)c1OCc1ccc(C)cc1. The van der Waals surface area contributed by atoms with Crippen molar-refractivity contribution in [3.05, 3.63) is 93.8 Å². The third kappa shape index (κ3) is 6.82. The fourth-order valence-corrected chi connectivity index (χ4v) is 3.18. The lowest BCUT2D eigenvalue weighted by Crippen LogP contribution is -2.19. The van der Waals surface area contributed by atoms with Gasteiger partial charge in [0, 0.05) is 0 Å². The number of nitrogens with one attached hydrogen (secondary N) is 1. The van der Waals surface area contributed by atoms with E-state index in [1.165, 1.54) is 23.9 Å². The van der Waals surface area contributed by atoms with Crippen LogP contribution in [0.3, 0.4) is 0 Å². The number of rotatable bonds is 9. The van der Waals surface area contributed by atoms with Crippen LogP contribution >= 0.6 is 11.6 Å². The van der Waals surface area contributed by atoms with E-state index in [0.29, 0.717) is 40.9 Å². The highest BCUT2D eigenvalue weighted by Gasteiger charge is 2.13. The average molecular weight is 455 g/mol. The average Bonchev–Trinajstić information content (AvgIpc) is 2.76. The van der Waals surface area contributed by atoms with Crippen molar-refractivity contribution in [2.45, 2.75) is 26.9 Å². The standard InChI is InChI=1S/C25H24ClFN2O3/c1-3-31-23-13-20(15-28-29-24(30)14-18-8-10-21(27)11-9-18)12-22(26)25(23)32-16-19-6-4-17(2)5-7-19/h4-13,15H,3,14,16H2,1-2H3,(H,29,30)/b28-15+. The molecule has 1 amide bonds. The van der Waals surface area contributed by atoms with Gasteiger partial charge in [0.1, 0.15) is 12.4 Å². The summed E-state index contributed by atoms with van der Waals surface area (Å²) in [6.45, 7) is 4.69. The number of ether oxygens (including phenoxy) is 2. The van der Waals surface area contributed by atoms with Gasteiger partial charge in [0.05, 0.1) is 24.3 Å². The van der Waals surface area contributed by atoms with Crippen LogP contribution in [0.1, 0.15) is 29.2 Å². The number of hydrazone groups is 1. The number of hydrogen-bond acceptors (Lipinski definition) is 4. The van der Waals surface area contributed by atoms with Gasteiger partial charge < -0.3 is 9.47 Å². The molecule has 3 aromatic carbocycles. The van der Waals surface area contributed by atoms with Gasteiger partial charge in [-0.25, -0.2) is 9.82 Å². The zero-order valence-corrected chi connectivity index (χ0v) is 18.7. The molecule has 0 spiro atoms. The number of amides is 1. The Morgan fingerprint density at radius 3 is 2.44 bits per heavy atom. The summed E-state index contributed by atoms with van der Waals surface area (Å²) in [4.78, 5) is 12.0. The predicted octanol–water partition coefficient (Wildman–Crippen LogP) is 5.46. The van der Waals surface area contributed by atoms with Crippen LogP contribution in [0.15, 0.2) is 65.8 Å². The first-order valence-corrected chi connectivity index (χ1v) is 10.5. The molecule has 0 saturated carbocycles.